The molecule has 0 aliphatic rings. The second kappa shape index (κ2) is 5.37. The summed E-state index contributed by atoms with van der Waals surface area (Å²) in [5.41, 5.74) is 1.61. The predicted octanol–water partition coefficient (Wildman–Crippen LogP) is 2.29. The summed E-state index contributed by atoms with van der Waals surface area (Å²) in [6.07, 6.45) is 0.166. The molecule has 1 N–H and O–H groups in total. The maximum atomic E-state index is 11.3. The van der Waals surface area contributed by atoms with Gasteiger partial charge in [0.1, 0.15) is 0 Å². The Morgan fingerprint density at radius 2 is 2.06 bits per heavy atom. The van der Waals surface area contributed by atoms with E-state index in [9.17, 15) is 9.90 Å². The van der Waals surface area contributed by atoms with Crippen molar-refractivity contribution >= 4 is 33.9 Å². The van der Waals surface area contributed by atoms with Crippen LogP contribution < -0.4 is 0 Å². The van der Waals surface area contributed by atoms with Crippen molar-refractivity contribution in [2.24, 2.45) is 0 Å². The third-order valence-corrected chi connectivity index (χ3v) is 3.58. The molecule has 0 aliphatic heterocycles. The van der Waals surface area contributed by atoms with E-state index in [2.05, 4.69) is 3.79 Å². The second-order valence-corrected chi connectivity index (χ2v) is 4.65. The molecule has 0 spiro atoms. The van der Waals surface area contributed by atoms with Crippen LogP contribution in [0, 0.1) is 0 Å². The van der Waals surface area contributed by atoms with Crippen molar-refractivity contribution in [3.8, 4) is 16.9 Å². The van der Waals surface area contributed by atoms with Gasteiger partial charge in [0.2, 0.25) is 0 Å². The first-order valence-electron chi connectivity index (χ1n) is 4.96. The number of rotatable bonds is 3. The molecule has 82 valence electrons. The normalized spacial score (nSPS) is 10.2. The number of carbonyl (C=O) groups is 1. The van der Waals surface area contributed by atoms with Crippen molar-refractivity contribution < 1.29 is 13.7 Å². The number of aromatic hydroxyl groups is 1. The fourth-order valence-corrected chi connectivity index (χ4v) is 2.60. The van der Waals surface area contributed by atoms with Gasteiger partial charge in [-0.25, -0.2) is 0 Å². The molecule has 0 saturated heterocycles. The zero-order chi connectivity index (χ0) is 12.3. The molecule has 0 bridgehead atoms. The van der Waals surface area contributed by atoms with E-state index in [0.717, 1.165) is 10.4 Å². The average Bonchev–Trinajstić information content (AvgIpc) is 2.71. The van der Waals surface area contributed by atoms with Gasteiger partial charge in [-0.2, -0.15) is 0 Å². The van der Waals surface area contributed by atoms with Crippen LogP contribution in [0.5, 0.6) is 5.75 Å². The number of hydrogen-bond donors (Lipinski definition) is 1. The molecule has 5 heteroatoms. The molecule has 2 rings (SSSR count). The van der Waals surface area contributed by atoms with Crippen LogP contribution in [-0.2, 0) is 15.0 Å². The molecule has 0 unspecified atom stereocenters. The van der Waals surface area contributed by atoms with Gasteiger partial charge in [0.15, 0.2) is 0 Å². The molecule has 0 fully saturated rings. The van der Waals surface area contributed by atoms with Crippen molar-refractivity contribution in [3.63, 3.8) is 0 Å². The first-order valence-corrected chi connectivity index (χ1v) is 6.31. The summed E-state index contributed by atoms with van der Waals surface area (Å²) in [7, 11) is 0. The molecule has 3 nitrogen and oxygen atoms in total. The SMILES string of the molecule is O=C(Cc1scc(O)c1-c1ccccc1)[O][Al+2]. The van der Waals surface area contributed by atoms with E-state index < -0.39 is 0 Å². The fraction of sp³-hybridized carbons (Fsp3) is 0.0833. The summed E-state index contributed by atoms with van der Waals surface area (Å²) in [4.78, 5) is 12.1. The van der Waals surface area contributed by atoms with Crippen LogP contribution in [0.15, 0.2) is 35.7 Å². The number of carbonyl (C=O) groups excluding carboxylic acids is 1. The zero-order valence-electron chi connectivity index (χ0n) is 8.92. The summed E-state index contributed by atoms with van der Waals surface area (Å²) in [6, 6.07) is 9.49. The predicted molar refractivity (Wildman–Crippen MR) is 67.0 cm³/mol. The van der Waals surface area contributed by atoms with Crippen LogP contribution in [0.2, 0.25) is 0 Å². The quantitative estimate of drug-likeness (QED) is 0.861. The number of hydrogen-bond acceptors (Lipinski definition) is 4. The molecular weight excluding hydrogens is 251 g/mol. The summed E-state index contributed by atoms with van der Waals surface area (Å²) in [6.45, 7) is 0. The third-order valence-electron chi connectivity index (χ3n) is 2.35. The van der Waals surface area contributed by atoms with Crippen LogP contribution in [0.4, 0.5) is 0 Å². The van der Waals surface area contributed by atoms with Crippen molar-refractivity contribution in [3.05, 3.63) is 40.6 Å². The summed E-state index contributed by atoms with van der Waals surface area (Å²) in [5.74, 6) is -0.137. The average molecular weight is 260 g/mol. The van der Waals surface area contributed by atoms with Crippen molar-refractivity contribution in [2.75, 3.05) is 0 Å². The van der Waals surface area contributed by atoms with E-state index in [1.807, 2.05) is 47.0 Å². The molecule has 0 amide bonds. The van der Waals surface area contributed by atoms with E-state index in [1.165, 1.54) is 11.3 Å². The first-order chi connectivity index (χ1) is 8.22. The Kier molecular flexibility index (Phi) is 3.85. The van der Waals surface area contributed by atoms with Gasteiger partial charge in [-0.05, 0) is 0 Å². The van der Waals surface area contributed by atoms with Crippen LogP contribution >= 0.6 is 11.3 Å². The zero-order valence-corrected chi connectivity index (χ0v) is 10.9. The molecule has 2 aromatic rings. The maximum absolute atomic E-state index is 11.3. The standard InChI is InChI=1S/C12H10O3S.Al/c13-9-7-16-10(6-11(14)15)12(9)8-4-2-1-3-5-8;/h1-5,7,13H,6H2,(H,14,15);/q;+3/p-1. The number of benzene rings is 1. The van der Waals surface area contributed by atoms with Crippen molar-refractivity contribution in [1.82, 2.24) is 0 Å². The van der Waals surface area contributed by atoms with Gasteiger partial charge in [0.25, 0.3) is 0 Å². The molecule has 1 heterocycles. The first kappa shape index (κ1) is 12.2. The molecule has 1 aromatic carbocycles. The third kappa shape index (κ3) is 2.70. The molecule has 0 aliphatic carbocycles. The van der Waals surface area contributed by atoms with E-state index in [1.54, 1.807) is 5.38 Å². The number of thiophene rings is 1. The minimum atomic E-state index is -0.339. The second-order valence-electron chi connectivity index (χ2n) is 3.45. The van der Waals surface area contributed by atoms with Crippen molar-refractivity contribution in [1.29, 1.82) is 0 Å². The van der Waals surface area contributed by atoms with Gasteiger partial charge in [-0.3, -0.25) is 0 Å². The van der Waals surface area contributed by atoms with Crippen LogP contribution in [-0.4, -0.2) is 27.7 Å². The Labute approximate surface area is 111 Å². The molecule has 0 atom stereocenters. The van der Waals surface area contributed by atoms with E-state index in [0.29, 0.717) is 5.56 Å². The van der Waals surface area contributed by atoms with Gasteiger partial charge >= 0.3 is 112 Å². The van der Waals surface area contributed by atoms with E-state index in [4.69, 9.17) is 0 Å². The van der Waals surface area contributed by atoms with Crippen molar-refractivity contribution in [2.45, 2.75) is 6.42 Å². The molecule has 0 saturated carbocycles. The van der Waals surface area contributed by atoms with Gasteiger partial charge in [-0.1, -0.05) is 0 Å². The molecule has 0 radical (unpaired) electrons. The summed E-state index contributed by atoms with van der Waals surface area (Å²) in [5, 5.41) is 11.5. The minimum absolute atomic E-state index is 0.166. The van der Waals surface area contributed by atoms with Gasteiger partial charge in [-0.15, -0.1) is 0 Å². The Bertz CT molecular complexity index is 522. The van der Waals surface area contributed by atoms with Crippen LogP contribution in [0.3, 0.4) is 0 Å². The van der Waals surface area contributed by atoms with E-state index >= 15 is 0 Å². The Morgan fingerprint density at radius 1 is 1.35 bits per heavy atom. The fourth-order valence-electron chi connectivity index (χ4n) is 1.60. The molecule has 1 aromatic heterocycles. The molecular formula is C12H9AlO3S+2. The molecule has 17 heavy (non-hydrogen) atoms. The monoisotopic (exact) mass is 260 g/mol. The van der Waals surface area contributed by atoms with Crippen LogP contribution in [0.1, 0.15) is 4.88 Å². The Balaban J connectivity index is 2.40. The van der Waals surface area contributed by atoms with Gasteiger partial charge < -0.3 is 0 Å². The van der Waals surface area contributed by atoms with Crippen LogP contribution in [0.25, 0.3) is 11.1 Å². The van der Waals surface area contributed by atoms with E-state index in [-0.39, 0.29) is 18.1 Å². The van der Waals surface area contributed by atoms with Gasteiger partial charge in [0.05, 0.1) is 0 Å². The Hall–Kier alpha value is -1.28. The Morgan fingerprint density at radius 3 is 2.71 bits per heavy atom. The summed E-state index contributed by atoms with van der Waals surface area (Å²) < 4.78 is 4.56. The topological polar surface area (TPSA) is 46.5 Å². The summed E-state index contributed by atoms with van der Waals surface area (Å²) >= 11 is 3.29. The van der Waals surface area contributed by atoms with Gasteiger partial charge in [0, 0.05) is 0 Å².